The summed E-state index contributed by atoms with van der Waals surface area (Å²) < 4.78 is 12.2. The number of nitrogens with one attached hydrogen (secondary N) is 1. The largest absolute Gasteiger partial charge is 0.448 e. The van der Waals surface area contributed by atoms with Crippen molar-refractivity contribution in [3.63, 3.8) is 0 Å². The van der Waals surface area contributed by atoms with Gasteiger partial charge < -0.3 is 14.8 Å². The maximum absolute atomic E-state index is 13.6. The van der Waals surface area contributed by atoms with Gasteiger partial charge in [-0.25, -0.2) is 9.78 Å². The molecule has 8 heteroatoms. The molecule has 1 aliphatic heterocycles. The molecule has 2 amide bonds. The van der Waals surface area contributed by atoms with Crippen molar-refractivity contribution < 1.29 is 19.1 Å². The van der Waals surface area contributed by atoms with Gasteiger partial charge in [0.25, 0.3) is 0 Å². The molecule has 1 aliphatic carbocycles. The summed E-state index contributed by atoms with van der Waals surface area (Å²) in [7, 11) is 0. The number of hydrogen-bond donors (Lipinski definition) is 1. The van der Waals surface area contributed by atoms with E-state index in [1.165, 1.54) is 16.0 Å². The summed E-state index contributed by atoms with van der Waals surface area (Å²) in [6.07, 6.45) is -0.346. The summed E-state index contributed by atoms with van der Waals surface area (Å²) in [5.41, 5.74) is 9.18. The molecular formula is C35H37N3O4S. The van der Waals surface area contributed by atoms with Crippen LogP contribution in [0.1, 0.15) is 55.5 Å². The summed E-state index contributed by atoms with van der Waals surface area (Å²) in [5, 5.41) is 3.04. The number of likely N-dealkylation sites (tertiary alicyclic amines) is 1. The maximum atomic E-state index is 13.6. The summed E-state index contributed by atoms with van der Waals surface area (Å²) in [4.78, 5) is 34.1. The van der Waals surface area contributed by atoms with Crippen LogP contribution in [-0.4, -0.2) is 52.8 Å². The second-order valence-electron chi connectivity index (χ2n) is 12.2. The second-order valence-corrected chi connectivity index (χ2v) is 13.1. The number of thiazole rings is 1. The first-order chi connectivity index (χ1) is 20.7. The van der Waals surface area contributed by atoms with Crippen LogP contribution in [0.3, 0.4) is 0 Å². The number of carbonyl (C=O) groups is 2. The third kappa shape index (κ3) is 6.21. The highest BCUT2D eigenvalue weighted by Gasteiger charge is 2.42. The van der Waals surface area contributed by atoms with Crippen molar-refractivity contribution in [2.24, 2.45) is 0 Å². The Labute approximate surface area is 256 Å². The summed E-state index contributed by atoms with van der Waals surface area (Å²) in [5.74, 6) is -0.263. The average Bonchev–Trinajstić information content (AvgIpc) is 3.70. The lowest BCUT2D eigenvalue weighted by molar-refractivity contribution is -0.125. The van der Waals surface area contributed by atoms with Crippen LogP contribution in [0.5, 0.6) is 0 Å². The number of carbonyl (C=O) groups excluding carboxylic acids is 2. The third-order valence-electron chi connectivity index (χ3n) is 8.08. The Kier molecular flexibility index (Phi) is 8.07. The number of aryl methyl sites for hydroxylation is 1. The van der Waals surface area contributed by atoms with E-state index in [-0.39, 0.29) is 24.5 Å². The highest BCUT2D eigenvalue weighted by Crippen LogP contribution is 2.44. The minimum absolute atomic E-state index is 0.0513. The van der Waals surface area contributed by atoms with Crippen LogP contribution in [0.2, 0.25) is 0 Å². The van der Waals surface area contributed by atoms with Gasteiger partial charge in [-0.1, -0.05) is 72.8 Å². The third-order valence-corrected chi connectivity index (χ3v) is 9.06. The minimum atomic E-state index is -0.679. The van der Waals surface area contributed by atoms with Gasteiger partial charge in [0.1, 0.15) is 12.6 Å². The van der Waals surface area contributed by atoms with Crippen molar-refractivity contribution in [3.8, 4) is 21.6 Å². The average molecular weight is 596 g/mol. The lowest BCUT2D eigenvalue weighted by Gasteiger charge is -2.25. The fraction of sp³-hybridized carbons (Fsp3) is 0.343. The van der Waals surface area contributed by atoms with Gasteiger partial charge >= 0.3 is 6.09 Å². The molecule has 0 radical (unpaired) electrons. The first kappa shape index (κ1) is 29.1. The summed E-state index contributed by atoms with van der Waals surface area (Å²) >= 11 is 1.61. The van der Waals surface area contributed by atoms with Crippen LogP contribution in [0.4, 0.5) is 4.79 Å². The standard InChI is InChI=1S/C35H37N3O4S/c1-22-32(43-21-37-22)24-15-13-23(14-16-24)18-36-33(39)31-17-25(42-35(2,3)4)19-38(31)34(40)41-20-30-28-11-7-5-9-26(28)27-10-6-8-12-29(27)30/h5-16,21,25,30-31H,17-20H2,1-4H3,(H,36,39)/t25-,31-/m0/s1. The van der Waals surface area contributed by atoms with Crippen LogP contribution in [0, 0.1) is 6.92 Å². The van der Waals surface area contributed by atoms with Crippen molar-refractivity contribution in [1.82, 2.24) is 15.2 Å². The predicted molar refractivity (Wildman–Crippen MR) is 169 cm³/mol. The van der Waals surface area contributed by atoms with Crippen LogP contribution < -0.4 is 5.32 Å². The number of amides is 2. The van der Waals surface area contributed by atoms with Crippen molar-refractivity contribution in [2.45, 2.75) is 64.3 Å². The van der Waals surface area contributed by atoms with Crippen LogP contribution in [0.15, 0.2) is 78.3 Å². The zero-order chi connectivity index (χ0) is 30.1. The number of nitrogens with zero attached hydrogens (tertiary/aromatic N) is 2. The Balaban J connectivity index is 1.13. The number of aromatic nitrogens is 1. The Morgan fingerprint density at radius 1 is 0.977 bits per heavy atom. The Morgan fingerprint density at radius 3 is 2.23 bits per heavy atom. The Hall–Kier alpha value is -4.01. The minimum Gasteiger partial charge on any atom is -0.448 e. The molecule has 2 atom stereocenters. The number of benzene rings is 3. The zero-order valence-electron chi connectivity index (χ0n) is 25.0. The fourth-order valence-electron chi connectivity index (χ4n) is 6.17. The molecule has 43 heavy (non-hydrogen) atoms. The van der Waals surface area contributed by atoms with E-state index in [0.717, 1.165) is 32.8 Å². The highest BCUT2D eigenvalue weighted by atomic mass is 32.1. The Bertz CT molecular complexity index is 1580. The molecule has 6 rings (SSSR count). The first-order valence-electron chi connectivity index (χ1n) is 14.7. The van der Waals surface area contributed by atoms with Crippen molar-refractivity contribution in [1.29, 1.82) is 0 Å². The molecule has 4 aromatic rings. The summed E-state index contributed by atoms with van der Waals surface area (Å²) in [6.45, 7) is 8.81. The number of hydrogen-bond acceptors (Lipinski definition) is 6. The maximum Gasteiger partial charge on any atom is 0.410 e. The number of ether oxygens (including phenoxy) is 2. The molecule has 0 saturated carbocycles. The normalized spacial score (nSPS) is 17.9. The van der Waals surface area contributed by atoms with E-state index in [0.29, 0.717) is 19.5 Å². The van der Waals surface area contributed by atoms with E-state index >= 15 is 0 Å². The monoisotopic (exact) mass is 595 g/mol. The SMILES string of the molecule is Cc1ncsc1-c1ccc(CNC(=O)[C@@H]2C[C@H](OC(C)(C)C)CN2C(=O)OCC2c3ccccc3-c3ccccc32)cc1. The van der Waals surface area contributed by atoms with Crippen LogP contribution >= 0.6 is 11.3 Å². The smallest absolute Gasteiger partial charge is 0.410 e. The molecule has 2 heterocycles. The Morgan fingerprint density at radius 2 is 1.63 bits per heavy atom. The van der Waals surface area contributed by atoms with Crippen LogP contribution in [0.25, 0.3) is 21.6 Å². The number of fused-ring (bicyclic) bond motifs is 3. The van der Waals surface area contributed by atoms with Crippen molar-refractivity contribution in [2.75, 3.05) is 13.2 Å². The molecule has 1 N–H and O–H groups in total. The van der Waals surface area contributed by atoms with Gasteiger partial charge in [-0.3, -0.25) is 9.69 Å². The molecule has 3 aromatic carbocycles. The van der Waals surface area contributed by atoms with Crippen molar-refractivity contribution in [3.05, 3.63) is 101 Å². The lowest BCUT2D eigenvalue weighted by Crippen LogP contribution is -2.46. The van der Waals surface area contributed by atoms with Crippen LogP contribution in [-0.2, 0) is 20.8 Å². The van der Waals surface area contributed by atoms with E-state index in [1.807, 2.05) is 81.7 Å². The quantitative estimate of drug-likeness (QED) is 0.250. The predicted octanol–water partition coefficient (Wildman–Crippen LogP) is 6.94. The van der Waals surface area contributed by atoms with Gasteiger partial charge in [-0.15, -0.1) is 11.3 Å². The van der Waals surface area contributed by atoms with Crippen molar-refractivity contribution >= 4 is 23.3 Å². The van der Waals surface area contributed by atoms with Gasteiger partial charge in [0.05, 0.1) is 34.3 Å². The topological polar surface area (TPSA) is 80.8 Å². The van der Waals surface area contributed by atoms with E-state index in [2.05, 4.69) is 34.6 Å². The molecular weight excluding hydrogens is 558 g/mol. The molecule has 222 valence electrons. The van der Waals surface area contributed by atoms with Gasteiger partial charge in [0.15, 0.2) is 0 Å². The zero-order valence-corrected chi connectivity index (χ0v) is 25.8. The van der Waals surface area contributed by atoms with Gasteiger partial charge in [-0.05, 0) is 61.1 Å². The highest BCUT2D eigenvalue weighted by molar-refractivity contribution is 7.13. The molecule has 0 bridgehead atoms. The van der Waals surface area contributed by atoms with Gasteiger partial charge in [0, 0.05) is 18.9 Å². The summed E-state index contributed by atoms with van der Waals surface area (Å²) in [6, 6.07) is 24.0. The molecule has 1 fully saturated rings. The molecule has 1 saturated heterocycles. The molecule has 0 unspecified atom stereocenters. The van der Waals surface area contributed by atoms with E-state index < -0.39 is 17.7 Å². The van der Waals surface area contributed by atoms with E-state index in [9.17, 15) is 9.59 Å². The van der Waals surface area contributed by atoms with Gasteiger partial charge in [-0.2, -0.15) is 0 Å². The molecule has 7 nitrogen and oxygen atoms in total. The van der Waals surface area contributed by atoms with Gasteiger partial charge in [0.2, 0.25) is 5.91 Å². The first-order valence-corrected chi connectivity index (χ1v) is 15.6. The van der Waals surface area contributed by atoms with E-state index in [4.69, 9.17) is 9.47 Å². The fourth-order valence-corrected chi connectivity index (χ4v) is 6.98. The van der Waals surface area contributed by atoms with E-state index in [1.54, 1.807) is 11.3 Å². The lowest BCUT2D eigenvalue weighted by atomic mass is 9.98. The number of rotatable bonds is 7. The second kappa shape index (κ2) is 11.9. The molecule has 1 aromatic heterocycles. The molecule has 2 aliphatic rings. The molecule has 0 spiro atoms.